The van der Waals surface area contributed by atoms with Crippen LogP contribution in [0.1, 0.15) is 38.4 Å². The highest BCUT2D eigenvalue weighted by molar-refractivity contribution is 5.48. The Bertz CT molecular complexity index is 437. The van der Waals surface area contributed by atoms with E-state index in [1.807, 2.05) is 13.1 Å². The summed E-state index contributed by atoms with van der Waals surface area (Å²) in [6, 6.07) is 1.97. The first-order valence-corrected chi connectivity index (χ1v) is 6.90. The van der Waals surface area contributed by atoms with Crippen LogP contribution < -0.4 is 10.6 Å². The SMILES string of the molecule is CNc1cc(NCC(C)(C)N(C)C)nc(C2CC2)n1. The van der Waals surface area contributed by atoms with E-state index in [0.29, 0.717) is 5.92 Å². The van der Waals surface area contributed by atoms with Crippen molar-refractivity contribution in [3.05, 3.63) is 11.9 Å². The number of hydrogen-bond donors (Lipinski definition) is 2. The molecule has 0 unspecified atom stereocenters. The Kier molecular flexibility index (Phi) is 3.94. The van der Waals surface area contributed by atoms with E-state index in [0.717, 1.165) is 24.0 Å². The van der Waals surface area contributed by atoms with Gasteiger partial charge in [-0.05, 0) is 40.8 Å². The molecule has 0 bridgehead atoms. The minimum atomic E-state index is 0.0878. The smallest absolute Gasteiger partial charge is 0.136 e. The Balaban J connectivity index is 2.09. The predicted octanol–water partition coefficient (Wildman–Crippen LogP) is 2.15. The van der Waals surface area contributed by atoms with Crippen LogP contribution in [-0.4, -0.2) is 48.1 Å². The zero-order valence-corrected chi connectivity index (χ0v) is 12.6. The largest absolute Gasteiger partial charge is 0.373 e. The third kappa shape index (κ3) is 3.56. The second-order valence-corrected chi connectivity index (χ2v) is 6.08. The average Bonchev–Trinajstić information content (AvgIpc) is 3.20. The van der Waals surface area contributed by atoms with Crippen molar-refractivity contribution >= 4 is 11.6 Å². The van der Waals surface area contributed by atoms with E-state index < -0.39 is 0 Å². The maximum atomic E-state index is 4.63. The van der Waals surface area contributed by atoms with Gasteiger partial charge in [-0.3, -0.25) is 0 Å². The van der Waals surface area contributed by atoms with Crippen LogP contribution in [0.4, 0.5) is 11.6 Å². The summed E-state index contributed by atoms with van der Waals surface area (Å²) in [5.41, 5.74) is 0.0878. The maximum Gasteiger partial charge on any atom is 0.136 e. The number of likely N-dealkylation sites (N-methyl/N-ethyl adjacent to an activating group) is 1. The molecular formula is C14H25N5. The van der Waals surface area contributed by atoms with Crippen molar-refractivity contribution in [2.24, 2.45) is 0 Å². The van der Waals surface area contributed by atoms with E-state index >= 15 is 0 Å². The van der Waals surface area contributed by atoms with E-state index in [1.54, 1.807) is 0 Å². The molecule has 1 aromatic heterocycles. The van der Waals surface area contributed by atoms with Gasteiger partial charge < -0.3 is 15.5 Å². The van der Waals surface area contributed by atoms with Gasteiger partial charge in [0.25, 0.3) is 0 Å². The Morgan fingerprint density at radius 2 is 1.89 bits per heavy atom. The zero-order chi connectivity index (χ0) is 14.0. The van der Waals surface area contributed by atoms with E-state index in [2.05, 4.69) is 53.4 Å². The Morgan fingerprint density at radius 1 is 1.26 bits per heavy atom. The Labute approximate surface area is 115 Å². The Morgan fingerprint density at radius 3 is 2.42 bits per heavy atom. The molecule has 0 amide bonds. The molecule has 106 valence electrons. The number of anilines is 2. The highest BCUT2D eigenvalue weighted by Gasteiger charge is 2.27. The van der Waals surface area contributed by atoms with Crippen molar-refractivity contribution in [3.8, 4) is 0 Å². The van der Waals surface area contributed by atoms with Gasteiger partial charge in [0.05, 0.1) is 0 Å². The van der Waals surface area contributed by atoms with Gasteiger partial charge in [-0.25, -0.2) is 9.97 Å². The van der Waals surface area contributed by atoms with Crippen molar-refractivity contribution in [3.63, 3.8) is 0 Å². The number of hydrogen-bond acceptors (Lipinski definition) is 5. The standard InChI is InChI=1S/C14H25N5/c1-14(2,19(4)5)9-16-12-8-11(15-3)17-13(18-12)10-6-7-10/h8,10H,6-7,9H2,1-5H3,(H2,15,16,17,18). The summed E-state index contributed by atoms with van der Waals surface area (Å²) in [7, 11) is 6.08. The van der Waals surface area contributed by atoms with Gasteiger partial charge >= 0.3 is 0 Å². The summed E-state index contributed by atoms with van der Waals surface area (Å²) in [4.78, 5) is 11.4. The Hall–Kier alpha value is -1.36. The molecule has 0 spiro atoms. The first-order valence-electron chi connectivity index (χ1n) is 6.90. The molecule has 0 aliphatic heterocycles. The predicted molar refractivity (Wildman–Crippen MR) is 79.8 cm³/mol. The molecule has 5 nitrogen and oxygen atoms in total. The van der Waals surface area contributed by atoms with Crippen LogP contribution in [0, 0.1) is 0 Å². The molecule has 0 atom stereocenters. The molecule has 0 saturated heterocycles. The van der Waals surface area contributed by atoms with Gasteiger partial charge in [0.2, 0.25) is 0 Å². The van der Waals surface area contributed by atoms with Gasteiger partial charge in [-0.15, -0.1) is 0 Å². The third-order valence-electron chi connectivity index (χ3n) is 3.85. The minimum absolute atomic E-state index is 0.0878. The molecule has 1 aromatic rings. The molecule has 5 heteroatoms. The van der Waals surface area contributed by atoms with Crippen LogP contribution in [0.15, 0.2) is 6.07 Å². The molecule has 1 heterocycles. The second-order valence-electron chi connectivity index (χ2n) is 6.08. The van der Waals surface area contributed by atoms with Crippen LogP contribution in [0.2, 0.25) is 0 Å². The normalized spacial score (nSPS) is 15.7. The van der Waals surface area contributed by atoms with Crippen molar-refractivity contribution < 1.29 is 0 Å². The lowest BCUT2D eigenvalue weighted by Gasteiger charge is -2.32. The highest BCUT2D eigenvalue weighted by atomic mass is 15.2. The number of aromatic nitrogens is 2. The molecule has 2 N–H and O–H groups in total. The number of nitrogens with zero attached hydrogens (tertiary/aromatic N) is 3. The van der Waals surface area contributed by atoms with Crippen LogP contribution in [0.25, 0.3) is 0 Å². The van der Waals surface area contributed by atoms with Crippen molar-refractivity contribution in [2.75, 3.05) is 38.3 Å². The van der Waals surface area contributed by atoms with E-state index in [4.69, 9.17) is 0 Å². The minimum Gasteiger partial charge on any atom is -0.373 e. The fourth-order valence-corrected chi connectivity index (χ4v) is 1.67. The maximum absolute atomic E-state index is 4.63. The summed E-state index contributed by atoms with van der Waals surface area (Å²) in [5, 5.41) is 6.54. The number of rotatable bonds is 6. The highest BCUT2D eigenvalue weighted by Crippen LogP contribution is 2.38. The number of nitrogens with one attached hydrogen (secondary N) is 2. The van der Waals surface area contributed by atoms with E-state index in [-0.39, 0.29) is 5.54 Å². The molecule has 0 aromatic carbocycles. The zero-order valence-electron chi connectivity index (χ0n) is 12.6. The summed E-state index contributed by atoms with van der Waals surface area (Å²) < 4.78 is 0. The summed E-state index contributed by atoms with van der Waals surface area (Å²) in [5.74, 6) is 3.34. The van der Waals surface area contributed by atoms with Crippen LogP contribution >= 0.6 is 0 Å². The fraction of sp³-hybridized carbons (Fsp3) is 0.714. The van der Waals surface area contributed by atoms with Crippen LogP contribution in [-0.2, 0) is 0 Å². The molecule has 0 radical (unpaired) electrons. The summed E-state index contributed by atoms with van der Waals surface area (Å²) in [6.07, 6.45) is 2.44. The summed E-state index contributed by atoms with van der Waals surface area (Å²) >= 11 is 0. The lowest BCUT2D eigenvalue weighted by Crippen LogP contribution is -2.44. The van der Waals surface area contributed by atoms with Crippen molar-refractivity contribution in [2.45, 2.75) is 38.1 Å². The molecule has 2 rings (SSSR count). The second kappa shape index (κ2) is 5.33. The topological polar surface area (TPSA) is 53.1 Å². The molecule has 1 fully saturated rings. The molecule has 1 saturated carbocycles. The van der Waals surface area contributed by atoms with E-state index in [9.17, 15) is 0 Å². The van der Waals surface area contributed by atoms with E-state index in [1.165, 1.54) is 12.8 Å². The van der Waals surface area contributed by atoms with Gasteiger partial charge in [0.1, 0.15) is 17.5 Å². The third-order valence-corrected chi connectivity index (χ3v) is 3.85. The van der Waals surface area contributed by atoms with Gasteiger partial charge in [0.15, 0.2) is 0 Å². The molecule has 19 heavy (non-hydrogen) atoms. The lowest BCUT2D eigenvalue weighted by atomic mass is 10.0. The fourth-order valence-electron chi connectivity index (χ4n) is 1.67. The molecular weight excluding hydrogens is 238 g/mol. The van der Waals surface area contributed by atoms with Crippen LogP contribution in [0.5, 0.6) is 0 Å². The van der Waals surface area contributed by atoms with Crippen LogP contribution in [0.3, 0.4) is 0 Å². The quantitative estimate of drug-likeness (QED) is 0.823. The average molecular weight is 263 g/mol. The first kappa shape index (κ1) is 14.1. The van der Waals surface area contributed by atoms with Crippen molar-refractivity contribution in [1.29, 1.82) is 0 Å². The molecule has 1 aliphatic rings. The van der Waals surface area contributed by atoms with Gasteiger partial charge in [-0.2, -0.15) is 0 Å². The molecule has 1 aliphatic carbocycles. The van der Waals surface area contributed by atoms with Crippen molar-refractivity contribution in [1.82, 2.24) is 14.9 Å². The van der Waals surface area contributed by atoms with Gasteiger partial charge in [-0.1, -0.05) is 0 Å². The summed E-state index contributed by atoms with van der Waals surface area (Å²) in [6.45, 7) is 5.27. The monoisotopic (exact) mass is 263 g/mol. The lowest BCUT2D eigenvalue weighted by molar-refractivity contribution is 0.210. The van der Waals surface area contributed by atoms with Gasteiger partial charge in [0, 0.05) is 31.1 Å². The first-order chi connectivity index (χ1) is 8.92.